The Morgan fingerprint density at radius 2 is 2.35 bits per heavy atom. The summed E-state index contributed by atoms with van der Waals surface area (Å²) in [5.74, 6) is 0.813. The lowest BCUT2D eigenvalue weighted by Gasteiger charge is -2.31. The van der Waals surface area contributed by atoms with Gasteiger partial charge in [0, 0.05) is 17.8 Å². The second-order valence-corrected chi connectivity index (χ2v) is 4.66. The van der Waals surface area contributed by atoms with Crippen LogP contribution in [0.15, 0.2) is 12.3 Å². The van der Waals surface area contributed by atoms with Crippen molar-refractivity contribution < 1.29 is 4.74 Å². The minimum absolute atomic E-state index is 0.458. The van der Waals surface area contributed by atoms with Gasteiger partial charge in [0.05, 0.1) is 19.0 Å². The van der Waals surface area contributed by atoms with Gasteiger partial charge in [0.15, 0.2) is 5.75 Å². The molecule has 0 bridgehead atoms. The Balaban J connectivity index is 2.13. The molecule has 4 heteroatoms. The molecule has 0 aromatic carbocycles. The SMILES string of the molecule is COc1cnc(C)cc1NC1CCCNC1C. The number of ether oxygens (including phenoxy) is 1. The first kappa shape index (κ1) is 12.2. The number of hydrogen-bond acceptors (Lipinski definition) is 4. The third-order valence-corrected chi connectivity index (χ3v) is 3.33. The van der Waals surface area contributed by atoms with Gasteiger partial charge in [0.2, 0.25) is 0 Å². The van der Waals surface area contributed by atoms with Crippen molar-refractivity contribution in [1.29, 1.82) is 0 Å². The fourth-order valence-electron chi connectivity index (χ4n) is 2.26. The minimum atomic E-state index is 0.458. The molecule has 1 aliphatic rings. The topological polar surface area (TPSA) is 46.2 Å². The molecule has 1 saturated heterocycles. The Hall–Kier alpha value is -1.29. The zero-order valence-electron chi connectivity index (χ0n) is 10.8. The van der Waals surface area contributed by atoms with E-state index in [0.29, 0.717) is 12.1 Å². The van der Waals surface area contributed by atoms with Gasteiger partial charge in [-0.05, 0) is 39.3 Å². The van der Waals surface area contributed by atoms with Crippen molar-refractivity contribution >= 4 is 5.69 Å². The van der Waals surface area contributed by atoms with Crippen molar-refractivity contribution in [3.8, 4) is 5.75 Å². The zero-order valence-corrected chi connectivity index (χ0v) is 10.8. The summed E-state index contributed by atoms with van der Waals surface area (Å²) < 4.78 is 5.33. The Morgan fingerprint density at radius 3 is 3.06 bits per heavy atom. The fourth-order valence-corrected chi connectivity index (χ4v) is 2.26. The van der Waals surface area contributed by atoms with Gasteiger partial charge in [-0.2, -0.15) is 0 Å². The van der Waals surface area contributed by atoms with Crippen molar-refractivity contribution in [3.05, 3.63) is 18.0 Å². The van der Waals surface area contributed by atoms with Gasteiger partial charge in [-0.15, -0.1) is 0 Å². The van der Waals surface area contributed by atoms with E-state index in [1.54, 1.807) is 13.3 Å². The Morgan fingerprint density at radius 1 is 1.53 bits per heavy atom. The lowest BCUT2D eigenvalue weighted by atomic mass is 9.99. The summed E-state index contributed by atoms with van der Waals surface area (Å²) in [7, 11) is 1.68. The predicted molar refractivity (Wildman–Crippen MR) is 69.6 cm³/mol. The van der Waals surface area contributed by atoms with E-state index in [-0.39, 0.29) is 0 Å². The molecule has 4 nitrogen and oxygen atoms in total. The number of anilines is 1. The first-order valence-corrected chi connectivity index (χ1v) is 6.21. The molecular weight excluding hydrogens is 214 g/mol. The third-order valence-electron chi connectivity index (χ3n) is 3.33. The molecule has 17 heavy (non-hydrogen) atoms. The fraction of sp³-hybridized carbons (Fsp3) is 0.615. The number of nitrogens with one attached hydrogen (secondary N) is 2. The minimum Gasteiger partial charge on any atom is -0.493 e. The van der Waals surface area contributed by atoms with Crippen LogP contribution in [-0.2, 0) is 0 Å². The number of hydrogen-bond donors (Lipinski definition) is 2. The molecule has 1 fully saturated rings. The van der Waals surface area contributed by atoms with Crippen LogP contribution < -0.4 is 15.4 Å². The zero-order chi connectivity index (χ0) is 12.3. The number of methoxy groups -OCH3 is 1. The summed E-state index contributed by atoms with van der Waals surface area (Å²) in [5.41, 5.74) is 2.05. The summed E-state index contributed by atoms with van der Waals surface area (Å²) in [5, 5.41) is 7.05. The van der Waals surface area contributed by atoms with Crippen LogP contribution in [-0.4, -0.2) is 30.7 Å². The maximum absolute atomic E-state index is 5.33. The van der Waals surface area contributed by atoms with E-state index in [9.17, 15) is 0 Å². The molecule has 94 valence electrons. The number of piperidine rings is 1. The second kappa shape index (κ2) is 5.36. The summed E-state index contributed by atoms with van der Waals surface area (Å²) in [6.45, 7) is 5.33. The Labute approximate surface area is 103 Å². The van der Waals surface area contributed by atoms with Crippen molar-refractivity contribution in [1.82, 2.24) is 10.3 Å². The number of aryl methyl sites for hydroxylation is 1. The van der Waals surface area contributed by atoms with Crippen molar-refractivity contribution in [2.24, 2.45) is 0 Å². The Bertz CT molecular complexity index is 381. The molecule has 2 atom stereocenters. The lowest BCUT2D eigenvalue weighted by molar-refractivity contribution is 0.384. The smallest absolute Gasteiger partial charge is 0.160 e. The Kier molecular flexibility index (Phi) is 3.84. The summed E-state index contributed by atoms with van der Waals surface area (Å²) in [4.78, 5) is 4.24. The van der Waals surface area contributed by atoms with Crippen LogP contribution in [0, 0.1) is 6.92 Å². The van der Waals surface area contributed by atoms with Crippen LogP contribution >= 0.6 is 0 Å². The molecule has 0 aliphatic carbocycles. The molecule has 1 aliphatic heterocycles. The number of nitrogens with zero attached hydrogens (tertiary/aromatic N) is 1. The molecule has 0 saturated carbocycles. The van der Waals surface area contributed by atoms with Crippen LogP contribution in [0.5, 0.6) is 5.75 Å². The first-order valence-electron chi connectivity index (χ1n) is 6.21. The van der Waals surface area contributed by atoms with Gasteiger partial charge in [-0.25, -0.2) is 0 Å². The van der Waals surface area contributed by atoms with Gasteiger partial charge in [0.25, 0.3) is 0 Å². The highest BCUT2D eigenvalue weighted by Crippen LogP contribution is 2.26. The predicted octanol–water partition coefficient (Wildman–Crippen LogP) is 1.95. The van der Waals surface area contributed by atoms with Gasteiger partial charge in [-0.3, -0.25) is 4.98 Å². The van der Waals surface area contributed by atoms with Crippen LogP contribution in [0.4, 0.5) is 5.69 Å². The van der Waals surface area contributed by atoms with E-state index < -0.39 is 0 Å². The highest BCUT2D eigenvalue weighted by Gasteiger charge is 2.21. The maximum Gasteiger partial charge on any atom is 0.160 e. The lowest BCUT2D eigenvalue weighted by Crippen LogP contribution is -2.46. The molecular formula is C13H21N3O. The van der Waals surface area contributed by atoms with Crippen molar-refractivity contribution in [2.45, 2.75) is 38.8 Å². The van der Waals surface area contributed by atoms with Gasteiger partial charge < -0.3 is 15.4 Å². The summed E-state index contributed by atoms with van der Waals surface area (Å²) in [6, 6.07) is 2.99. The molecule has 2 N–H and O–H groups in total. The van der Waals surface area contributed by atoms with E-state index in [0.717, 1.165) is 23.7 Å². The average Bonchev–Trinajstić information content (AvgIpc) is 2.32. The molecule has 0 spiro atoms. The molecule has 0 radical (unpaired) electrons. The quantitative estimate of drug-likeness (QED) is 0.840. The van der Waals surface area contributed by atoms with Gasteiger partial charge in [-0.1, -0.05) is 0 Å². The van der Waals surface area contributed by atoms with Crippen LogP contribution in [0.3, 0.4) is 0 Å². The first-order chi connectivity index (χ1) is 8.20. The highest BCUT2D eigenvalue weighted by atomic mass is 16.5. The van der Waals surface area contributed by atoms with Gasteiger partial charge >= 0.3 is 0 Å². The van der Waals surface area contributed by atoms with E-state index in [2.05, 4.69) is 22.5 Å². The average molecular weight is 235 g/mol. The maximum atomic E-state index is 5.33. The molecule has 1 aromatic heterocycles. The molecule has 1 aromatic rings. The standard InChI is InChI=1S/C13H21N3O/c1-9-7-12(13(17-3)8-15-9)16-11-5-4-6-14-10(11)2/h7-8,10-11,14H,4-6H2,1-3H3,(H,15,16). The second-order valence-electron chi connectivity index (χ2n) is 4.66. The van der Waals surface area contributed by atoms with Crippen molar-refractivity contribution in [2.75, 3.05) is 19.0 Å². The molecule has 2 rings (SSSR count). The van der Waals surface area contributed by atoms with E-state index >= 15 is 0 Å². The van der Waals surface area contributed by atoms with Crippen molar-refractivity contribution in [3.63, 3.8) is 0 Å². The normalized spacial score (nSPS) is 24.4. The molecule has 2 heterocycles. The summed E-state index contributed by atoms with van der Waals surface area (Å²) >= 11 is 0. The largest absolute Gasteiger partial charge is 0.493 e. The molecule has 2 unspecified atom stereocenters. The summed E-state index contributed by atoms with van der Waals surface area (Å²) in [6.07, 6.45) is 4.19. The number of rotatable bonds is 3. The number of pyridine rings is 1. The van der Waals surface area contributed by atoms with Crippen LogP contribution in [0.1, 0.15) is 25.5 Å². The van der Waals surface area contributed by atoms with E-state index in [4.69, 9.17) is 4.74 Å². The number of aromatic nitrogens is 1. The third kappa shape index (κ3) is 2.88. The molecule has 0 amide bonds. The van der Waals surface area contributed by atoms with E-state index in [1.807, 2.05) is 13.0 Å². The van der Waals surface area contributed by atoms with Crippen LogP contribution in [0.2, 0.25) is 0 Å². The van der Waals surface area contributed by atoms with Crippen LogP contribution in [0.25, 0.3) is 0 Å². The van der Waals surface area contributed by atoms with Gasteiger partial charge in [0.1, 0.15) is 0 Å². The highest BCUT2D eigenvalue weighted by molar-refractivity contribution is 5.56. The van der Waals surface area contributed by atoms with E-state index in [1.165, 1.54) is 12.8 Å². The monoisotopic (exact) mass is 235 g/mol.